The Kier molecular flexibility index (Phi) is 5.64. The Hall–Kier alpha value is -1.29. The summed E-state index contributed by atoms with van der Waals surface area (Å²) in [4.78, 5) is 11.3. The van der Waals surface area contributed by atoms with Gasteiger partial charge in [0.15, 0.2) is 0 Å². The Morgan fingerprint density at radius 2 is 2.19 bits per heavy atom. The van der Waals surface area contributed by atoms with Gasteiger partial charge in [-0.2, -0.15) is 0 Å². The smallest absolute Gasteiger partial charge is 0.221 e. The first-order valence-corrected chi connectivity index (χ1v) is 5.88. The molecule has 0 spiro atoms. The van der Waals surface area contributed by atoms with E-state index >= 15 is 0 Å². The van der Waals surface area contributed by atoms with Gasteiger partial charge in [-0.3, -0.25) is 4.79 Å². The highest BCUT2D eigenvalue weighted by Crippen LogP contribution is 2.01. The van der Waals surface area contributed by atoms with Crippen LogP contribution in [-0.2, 0) is 17.9 Å². The number of rotatable bonds is 7. The molecule has 0 aliphatic heterocycles. The first kappa shape index (κ1) is 12.8. The molecule has 1 amide bonds. The van der Waals surface area contributed by atoms with Gasteiger partial charge in [-0.05, 0) is 25.1 Å². The van der Waals surface area contributed by atoms with Crippen LogP contribution in [0.1, 0.15) is 25.8 Å². The minimum absolute atomic E-state index is 0.115. The molecule has 0 saturated heterocycles. The summed E-state index contributed by atoms with van der Waals surface area (Å²) in [6.07, 6.45) is 4.65. The molecule has 1 rings (SSSR count). The van der Waals surface area contributed by atoms with E-state index in [1.165, 1.54) is 5.56 Å². The molecule has 1 aromatic heterocycles. The Morgan fingerprint density at radius 3 is 2.88 bits per heavy atom. The van der Waals surface area contributed by atoms with Crippen molar-refractivity contribution in [1.82, 2.24) is 15.2 Å². The topological polar surface area (TPSA) is 46.1 Å². The van der Waals surface area contributed by atoms with Crippen LogP contribution in [0.3, 0.4) is 0 Å². The Balaban J connectivity index is 2.31. The first-order chi connectivity index (χ1) is 7.76. The molecule has 0 unspecified atom stereocenters. The molecule has 0 aliphatic rings. The lowest BCUT2D eigenvalue weighted by Gasteiger charge is -2.03. The summed E-state index contributed by atoms with van der Waals surface area (Å²) in [5.74, 6) is 0.115. The van der Waals surface area contributed by atoms with E-state index in [0.717, 1.165) is 19.6 Å². The largest absolute Gasteiger partial charge is 0.356 e. The van der Waals surface area contributed by atoms with Crippen LogP contribution in [0.2, 0.25) is 0 Å². The fraction of sp³-hybridized carbons (Fsp3) is 0.583. The zero-order valence-electron chi connectivity index (χ0n) is 10.1. The van der Waals surface area contributed by atoms with Crippen molar-refractivity contribution < 1.29 is 4.79 Å². The lowest BCUT2D eigenvalue weighted by Crippen LogP contribution is -2.23. The van der Waals surface area contributed by atoms with Gasteiger partial charge in [0.2, 0.25) is 5.91 Å². The van der Waals surface area contributed by atoms with Crippen LogP contribution in [0, 0.1) is 0 Å². The molecule has 0 atom stereocenters. The molecule has 0 aromatic carbocycles. The van der Waals surface area contributed by atoms with Gasteiger partial charge in [0.1, 0.15) is 0 Å². The summed E-state index contributed by atoms with van der Waals surface area (Å²) >= 11 is 0. The van der Waals surface area contributed by atoms with Crippen molar-refractivity contribution >= 4 is 5.91 Å². The van der Waals surface area contributed by atoms with Crippen molar-refractivity contribution in [2.45, 2.75) is 33.4 Å². The number of aryl methyl sites for hydroxylation is 1. The maximum atomic E-state index is 11.3. The summed E-state index contributed by atoms with van der Waals surface area (Å²) in [6, 6.07) is 2.08. The Labute approximate surface area is 97.0 Å². The van der Waals surface area contributed by atoms with Crippen LogP contribution in [0.5, 0.6) is 0 Å². The Bertz CT molecular complexity index is 320. The number of amides is 1. The van der Waals surface area contributed by atoms with Crippen LogP contribution >= 0.6 is 0 Å². The summed E-state index contributed by atoms with van der Waals surface area (Å²) < 4.78 is 2.06. The van der Waals surface area contributed by atoms with Crippen LogP contribution in [0.25, 0.3) is 0 Å². The van der Waals surface area contributed by atoms with Gasteiger partial charge >= 0.3 is 0 Å². The van der Waals surface area contributed by atoms with Gasteiger partial charge in [-0.25, -0.2) is 0 Å². The predicted molar refractivity (Wildman–Crippen MR) is 65.1 cm³/mol. The van der Waals surface area contributed by atoms with Gasteiger partial charge in [0.25, 0.3) is 0 Å². The average molecular weight is 223 g/mol. The molecule has 4 nitrogen and oxygen atoms in total. The summed E-state index contributed by atoms with van der Waals surface area (Å²) in [5, 5.41) is 6.06. The molecule has 2 N–H and O–H groups in total. The van der Waals surface area contributed by atoms with Crippen molar-refractivity contribution in [3.05, 3.63) is 24.0 Å². The SMILES string of the molecule is CCNCc1ccn(CCC(=O)NCC)c1. The number of carbonyl (C=O) groups excluding carboxylic acids is 1. The van der Waals surface area contributed by atoms with Crippen molar-refractivity contribution in [3.63, 3.8) is 0 Å². The highest BCUT2D eigenvalue weighted by Gasteiger charge is 2.00. The molecular weight excluding hydrogens is 202 g/mol. The maximum absolute atomic E-state index is 11.3. The number of carbonyl (C=O) groups is 1. The normalized spacial score (nSPS) is 10.4. The molecule has 90 valence electrons. The molecule has 0 aliphatic carbocycles. The second-order valence-electron chi connectivity index (χ2n) is 3.74. The monoisotopic (exact) mass is 223 g/mol. The zero-order chi connectivity index (χ0) is 11.8. The van der Waals surface area contributed by atoms with Crippen molar-refractivity contribution in [2.75, 3.05) is 13.1 Å². The summed E-state index contributed by atoms with van der Waals surface area (Å²) in [6.45, 7) is 7.34. The van der Waals surface area contributed by atoms with Crippen LogP contribution < -0.4 is 10.6 Å². The van der Waals surface area contributed by atoms with Crippen LogP contribution in [0.4, 0.5) is 0 Å². The third-order valence-corrected chi connectivity index (χ3v) is 2.36. The minimum atomic E-state index is 0.115. The number of hydrogen-bond donors (Lipinski definition) is 2. The fourth-order valence-electron chi connectivity index (χ4n) is 1.52. The maximum Gasteiger partial charge on any atom is 0.221 e. The summed E-state index contributed by atoms with van der Waals surface area (Å²) in [7, 11) is 0. The van der Waals surface area contributed by atoms with Gasteiger partial charge in [0.05, 0.1) is 0 Å². The summed E-state index contributed by atoms with van der Waals surface area (Å²) in [5.41, 5.74) is 1.26. The van der Waals surface area contributed by atoms with Gasteiger partial charge < -0.3 is 15.2 Å². The lowest BCUT2D eigenvalue weighted by molar-refractivity contribution is -0.121. The first-order valence-electron chi connectivity index (χ1n) is 5.88. The van der Waals surface area contributed by atoms with E-state index in [-0.39, 0.29) is 5.91 Å². The standard InChI is InChI=1S/C12H21N3O/c1-3-13-9-11-5-7-15(10-11)8-6-12(16)14-4-2/h5,7,10,13H,3-4,6,8-9H2,1-2H3,(H,14,16). The second kappa shape index (κ2) is 7.06. The molecule has 4 heteroatoms. The van der Waals surface area contributed by atoms with Crippen molar-refractivity contribution in [1.29, 1.82) is 0 Å². The van der Waals surface area contributed by atoms with E-state index in [9.17, 15) is 4.79 Å². The minimum Gasteiger partial charge on any atom is -0.356 e. The third kappa shape index (κ3) is 4.49. The molecule has 0 saturated carbocycles. The fourth-order valence-corrected chi connectivity index (χ4v) is 1.52. The molecule has 0 fully saturated rings. The van der Waals surface area contributed by atoms with Crippen LogP contribution in [-0.4, -0.2) is 23.6 Å². The van der Waals surface area contributed by atoms with E-state index in [4.69, 9.17) is 0 Å². The highest BCUT2D eigenvalue weighted by atomic mass is 16.1. The third-order valence-electron chi connectivity index (χ3n) is 2.36. The zero-order valence-corrected chi connectivity index (χ0v) is 10.1. The number of aromatic nitrogens is 1. The van der Waals surface area contributed by atoms with E-state index in [1.807, 2.05) is 13.1 Å². The molecule has 1 heterocycles. The predicted octanol–water partition coefficient (Wildman–Crippen LogP) is 1.12. The molecule has 0 radical (unpaired) electrons. The number of hydrogen-bond acceptors (Lipinski definition) is 2. The number of nitrogens with zero attached hydrogens (tertiary/aromatic N) is 1. The molecular formula is C12H21N3O. The van der Waals surface area contributed by atoms with E-state index in [0.29, 0.717) is 13.0 Å². The quantitative estimate of drug-likeness (QED) is 0.727. The van der Waals surface area contributed by atoms with Gasteiger partial charge in [-0.15, -0.1) is 0 Å². The number of nitrogens with one attached hydrogen (secondary N) is 2. The molecule has 16 heavy (non-hydrogen) atoms. The average Bonchev–Trinajstić information content (AvgIpc) is 2.72. The lowest BCUT2D eigenvalue weighted by atomic mass is 10.3. The molecule has 1 aromatic rings. The van der Waals surface area contributed by atoms with E-state index in [1.54, 1.807) is 0 Å². The van der Waals surface area contributed by atoms with Crippen molar-refractivity contribution in [3.8, 4) is 0 Å². The molecule has 0 bridgehead atoms. The van der Waals surface area contributed by atoms with E-state index < -0.39 is 0 Å². The van der Waals surface area contributed by atoms with Crippen LogP contribution in [0.15, 0.2) is 18.5 Å². The highest BCUT2D eigenvalue weighted by molar-refractivity contribution is 5.75. The van der Waals surface area contributed by atoms with Crippen molar-refractivity contribution in [2.24, 2.45) is 0 Å². The van der Waals surface area contributed by atoms with Gasteiger partial charge in [-0.1, -0.05) is 6.92 Å². The van der Waals surface area contributed by atoms with E-state index in [2.05, 4.69) is 34.4 Å². The Morgan fingerprint density at radius 1 is 1.38 bits per heavy atom. The second-order valence-corrected chi connectivity index (χ2v) is 3.74. The van der Waals surface area contributed by atoms with Gasteiger partial charge in [0, 0.05) is 38.4 Å².